The van der Waals surface area contributed by atoms with Crippen molar-refractivity contribution in [2.24, 2.45) is 0 Å². The summed E-state index contributed by atoms with van der Waals surface area (Å²) in [6, 6.07) is 9.11. The molecule has 0 saturated carbocycles. The second kappa shape index (κ2) is 7.50. The Morgan fingerprint density at radius 3 is 2.77 bits per heavy atom. The van der Waals surface area contributed by atoms with E-state index in [0.717, 1.165) is 55.4 Å². The summed E-state index contributed by atoms with van der Waals surface area (Å²) in [7, 11) is 0. The smallest absolute Gasteiger partial charge is 0.231 e. The number of piperidine rings is 1. The lowest BCUT2D eigenvalue weighted by Gasteiger charge is -2.34. The molecule has 138 valence electrons. The van der Waals surface area contributed by atoms with Gasteiger partial charge in [-0.2, -0.15) is 0 Å². The van der Waals surface area contributed by atoms with Crippen LogP contribution in [0, 0.1) is 0 Å². The minimum absolute atomic E-state index is 0.284. The molecule has 6 heteroatoms. The molecule has 0 bridgehead atoms. The highest BCUT2D eigenvalue weighted by Crippen LogP contribution is 2.34. The van der Waals surface area contributed by atoms with Gasteiger partial charge in [-0.15, -0.1) is 0 Å². The van der Waals surface area contributed by atoms with E-state index in [9.17, 15) is 0 Å². The van der Waals surface area contributed by atoms with Gasteiger partial charge in [0.15, 0.2) is 11.5 Å². The molecule has 0 spiro atoms. The summed E-state index contributed by atoms with van der Waals surface area (Å²) in [5.74, 6) is 2.74. The average molecular weight is 354 g/mol. The van der Waals surface area contributed by atoms with Crippen molar-refractivity contribution in [3.05, 3.63) is 41.9 Å². The molecule has 2 aromatic rings. The topological polar surface area (TPSA) is 59.5 Å². The quantitative estimate of drug-likeness (QED) is 0.890. The van der Waals surface area contributed by atoms with Gasteiger partial charge in [0, 0.05) is 36.9 Å². The van der Waals surface area contributed by atoms with Gasteiger partial charge >= 0.3 is 0 Å². The highest BCUT2D eigenvalue weighted by Gasteiger charge is 2.23. The van der Waals surface area contributed by atoms with E-state index < -0.39 is 0 Å². The molecular formula is C20H26N4O2. The Bertz CT molecular complexity index is 759. The van der Waals surface area contributed by atoms with E-state index in [4.69, 9.17) is 9.47 Å². The van der Waals surface area contributed by atoms with E-state index in [1.165, 1.54) is 5.56 Å². The van der Waals surface area contributed by atoms with Crippen molar-refractivity contribution in [1.82, 2.24) is 15.3 Å². The molecule has 1 aromatic carbocycles. The first kappa shape index (κ1) is 17.1. The zero-order chi connectivity index (χ0) is 17.9. The third-order valence-electron chi connectivity index (χ3n) is 5.27. The molecule has 1 fully saturated rings. The number of aryl methyl sites for hydroxylation is 1. The lowest BCUT2D eigenvalue weighted by atomic mass is 10.0. The Kier molecular flexibility index (Phi) is 4.93. The third kappa shape index (κ3) is 3.60. The lowest BCUT2D eigenvalue weighted by molar-refractivity contribution is 0.174. The van der Waals surface area contributed by atoms with Gasteiger partial charge in [0.2, 0.25) is 6.79 Å². The number of aromatic nitrogens is 2. The summed E-state index contributed by atoms with van der Waals surface area (Å²) in [4.78, 5) is 11.1. The Morgan fingerprint density at radius 1 is 1.15 bits per heavy atom. The van der Waals surface area contributed by atoms with Crippen molar-refractivity contribution < 1.29 is 9.47 Å². The first-order valence-corrected chi connectivity index (χ1v) is 9.44. The number of hydrogen-bond donors (Lipinski definition) is 1. The van der Waals surface area contributed by atoms with E-state index in [-0.39, 0.29) is 6.04 Å². The monoisotopic (exact) mass is 354 g/mol. The lowest BCUT2D eigenvalue weighted by Crippen LogP contribution is -2.43. The van der Waals surface area contributed by atoms with E-state index in [1.807, 2.05) is 6.07 Å². The number of fused-ring (bicyclic) bond motifs is 1. The van der Waals surface area contributed by atoms with Crippen LogP contribution in [0.3, 0.4) is 0 Å². The average Bonchev–Trinajstić information content (AvgIpc) is 3.16. The first-order valence-electron chi connectivity index (χ1n) is 9.44. The second-order valence-corrected chi connectivity index (χ2v) is 6.98. The standard InChI is InChI=1S/C20H26N4O2/c1-3-16-11-20(22-12-21-16)24-8-6-17(7-9-24)23-14(2)15-4-5-18-19(10-15)26-13-25-18/h4-5,10-12,14,17,23H,3,6-9,13H2,1-2H3. The number of ether oxygens (including phenoxy) is 2. The van der Waals surface area contributed by atoms with Crippen molar-refractivity contribution in [3.8, 4) is 11.5 Å². The summed E-state index contributed by atoms with van der Waals surface area (Å²) in [5.41, 5.74) is 2.34. The molecule has 1 unspecified atom stereocenters. The number of benzene rings is 1. The molecule has 6 nitrogen and oxygen atoms in total. The molecule has 1 N–H and O–H groups in total. The van der Waals surface area contributed by atoms with Crippen LogP contribution >= 0.6 is 0 Å². The van der Waals surface area contributed by atoms with Crippen molar-refractivity contribution in [2.45, 2.75) is 45.2 Å². The van der Waals surface area contributed by atoms with Gasteiger partial charge in [-0.3, -0.25) is 0 Å². The summed E-state index contributed by atoms with van der Waals surface area (Å²) >= 11 is 0. The molecule has 1 atom stereocenters. The van der Waals surface area contributed by atoms with Crippen molar-refractivity contribution in [3.63, 3.8) is 0 Å². The molecule has 2 aliphatic rings. The largest absolute Gasteiger partial charge is 0.454 e. The summed E-state index contributed by atoms with van der Waals surface area (Å²) in [5, 5.41) is 3.77. The number of nitrogens with zero attached hydrogens (tertiary/aromatic N) is 3. The number of anilines is 1. The zero-order valence-electron chi connectivity index (χ0n) is 15.4. The van der Waals surface area contributed by atoms with Gasteiger partial charge in [-0.1, -0.05) is 13.0 Å². The number of nitrogens with one attached hydrogen (secondary N) is 1. The van der Waals surface area contributed by atoms with Crippen molar-refractivity contribution in [2.75, 3.05) is 24.8 Å². The van der Waals surface area contributed by atoms with Gasteiger partial charge < -0.3 is 19.7 Å². The van der Waals surface area contributed by atoms with Crippen LogP contribution in [0.1, 0.15) is 44.0 Å². The predicted molar refractivity (Wildman–Crippen MR) is 101 cm³/mol. The molecule has 3 heterocycles. The second-order valence-electron chi connectivity index (χ2n) is 6.98. The first-order chi connectivity index (χ1) is 12.7. The molecule has 1 saturated heterocycles. The van der Waals surface area contributed by atoms with Crippen molar-refractivity contribution in [1.29, 1.82) is 0 Å². The predicted octanol–water partition coefficient (Wildman–Crippen LogP) is 3.09. The molecular weight excluding hydrogens is 328 g/mol. The van der Waals surface area contributed by atoms with E-state index in [1.54, 1.807) is 6.33 Å². The Morgan fingerprint density at radius 2 is 1.96 bits per heavy atom. The van der Waals surface area contributed by atoms with E-state index in [2.05, 4.69) is 52.2 Å². The maximum Gasteiger partial charge on any atom is 0.231 e. The van der Waals surface area contributed by atoms with Gasteiger partial charge in [0.1, 0.15) is 12.1 Å². The maximum atomic E-state index is 5.49. The van der Waals surface area contributed by atoms with Crippen LogP contribution in [0.2, 0.25) is 0 Å². The Labute approximate surface area is 154 Å². The Hall–Kier alpha value is -2.34. The van der Waals surface area contributed by atoms with Gasteiger partial charge in [-0.25, -0.2) is 9.97 Å². The minimum Gasteiger partial charge on any atom is -0.454 e. The number of rotatable bonds is 5. The molecule has 26 heavy (non-hydrogen) atoms. The number of hydrogen-bond acceptors (Lipinski definition) is 6. The van der Waals surface area contributed by atoms with Crippen LogP contribution < -0.4 is 19.7 Å². The van der Waals surface area contributed by atoms with Crippen LogP contribution in [-0.4, -0.2) is 35.9 Å². The molecule has 1 aromatic heterocycles. The Balaban J connectivity index is 1.33. The highest BCUT2D eigenvalue weighted by atomic mass is 16.7. The maximum absolute atomic E-state index is 5.49. The van der Waals surface area contributed by atoms with Gasteiger partial charge in [0.25, 0.3) is 0 Å². The van der Waals surface area contributed by atoms with Gasteiger partial charge in [0.05, 0.1) is 0 Å². The SMILES string of the molecule is CCc1cc(N2CCC(NC(C)c3ccc4c(c3)OCO4)CC2)ncn1. The summed E-state index contributed by atoms with van der Waals surface area (Å²) in [6.07, 6.45) is 4.85. The highest BCUT2D eigenvalue weighted by molar-refractivity contribution is 5.45. The zero-order valence-corrected chi connectivity index (χ0v) is 15.4. The summed E-state index contributed by atoms with van der Waals surface area (Å²) < 4.78 is 10.9. The van der Waals surface area contributed by atoms with Crippen LogP contribution in [0.4, 0.5) is 5.82 Å². The molecule has 0 radical (unpaired) electrons. The fourth-order valence-corrected chi connectivity index (χ4v) is 3.66. The van der Waals surface area contributed by atoms with Crippen LogP contribution in [0.15, 0.2) is 30.6 Å². The normalized spacial score (nSPS) is 18.2. The van der Waals surface area contributed by atoms with E-state index >= 15 is 0 Å². The van der Waals surface area contributed by atoms with Crippen LogP contribution in [0.25, 0.3) is 0 Å². The van der Waals surface area contributed by atoms with Crippen molar-refractivity contribution >= 4 is 5.82 Å². The fourth-order valence-electron chi connectivity index (χ4n) is 3.66. The van der Waals surface area contributed by atoms with Gasteiger partial charge in [-0.05, 0) is 43.9 Å². The minimum atomic E-state index is 0.284. The molecule has 4 rings (SSSR count). The van der Waals surface area contributed by atoms with E-state index in [0.29, 0.717) is 12.8 Å². The summed E-state index contributed by atoms with van der Waals surface area (Å²) in [6.45, 7) is 6.70. The molecule has 0 amide bonds. The fraction of sp³-hybridized carbons (Fsp3) is 0.500. The van der Waals surface area contributed by atoms with Crippen LogP contribution in [-0.2, 0) is 6.42 Å². The van der Waals surface area contributed by atoms with Crippen LogP contribution in [0.5, 0.6) is 11.5 Å². The molecule has 0 aliphatic carbocycles. The third-order valence-corrected chi connectivity index (χ3v) is 5.27. The molecule has 2 aliphatic heterocycles.